The van der Waals surface area contributed by atoms with Crippen LogP contribution in [-0.2, 0) is 21.7 Å². The molecule has 1 aliphatic heterocycles. The SMILES string of the molecule is O=CN(c1ccc(C(OCCC2CCCCN2)(C(F)(F)F)C(F)(F)F)cc1)c1cccnc1NCc1ccncc1. The Balaban J connectivity index is 1.61. The van der Waals surface area contributed by atoms with Crippen LogP contribution in [0.2, 0.25) is 0 Å². The molecule has 2 aromatic heterocycles. The second-order valence-corrected chi connectivity index (χ2v) is 9.56. The number of benzene rings is 1. The summed E-state index contributed by atoms with van der Waals surface area (Å²) in [6, 6.07) is 9.82. The van der Waals surface area contributed by atoms with Crippen molar-refractivity contribution in [2.24, 2.45) is 0 Å². The van der Waals surface area contributed by atoms with Crippen LogP contribution in [0.3, 0.4) is 0 Å². The van der Waals surface area contributed by atoms with Crippen molar-refractivity contribution in [3.05, 3.63) is 78.2 Å². The van der Waals surface area contributed by atoms with E-state index in [-0.39, 0.29) is 29.7 Å². The first-order chi connectivity index (χ1) is 19.6. The minimum absolute atomic E-state index is 0.00118. The van der Waals surface area contributed by atoms with Gasteiger partial charge in [-0.15, -0.1) is 0 Å². The first-order valence-electron chi connectivity index (χ1n) is 13.0. The minimum Gasteiger partial charge on any atom is -0.364 e. The quantitative estimate of drug-likeness (QED) is 0.206. The van der Waals surface area contributed by atoms with Crippen molar-refractivity contribution in [3.8, 4) is 0 Å². The fourth-order valence-electron chi connectivity index (χ4n) is 4.79. The van der Waals surface area contributed by atoms with Gasteiger partial charge in [0.2, 0.25) is 6.41 Å². The molecule has 13 heteroatoms. The number of carbonyl (C=O) groups excluding carboxylic acids is 1. The van der Waals surface area contributed by atoms with E-state index in [2.05, 4.69) is 20.6 Å². The fourth-order valence-corrected chi connectivity index (χ4v) is 4.79. The highest BCUT2D eigenvalue weighted by Gasteiger charge is 2.73. The zero-order valence-electron chi connectivity index (χ0n) is 21.9. The number of nitrogens with one attached hydrogen (secondary N) is 2. The van der Waals surface area contributed by atoms with E-state index in [1.807, 2.05) is 0 Å². The minimum atomic E-state index is -5.80. The molecule has 1 unspecified atom stereocenters. The summed E-state index contributed by atoms with van der Waals surface area (Å²) in [5.74, 6) is 0.278. The Morgan fingerprint density at radius 2 is 1.68 bits per heavy atom. The summed E-state index contributed by atoms with van der Waals surface area (Å²) >= 11 is 0. The summed E-state index contributed by atoms with van der Waals surface area (Å²) < 4.78 is 90.2. The molecule has 7 nitrogen and oxygen atoms in total. The number of hydrogen-bond acceptors (Lipinski definition) is 6. The first-order valence-corrected chi connectivity index (χ1v) is 13.0. The van der Waals surface area contributed by atoms with E-state index in [0.717, 1.165) is 35.4 Å². The van der Waals surface area contributed by atoms with Crippen molar-refractivity contribution in [1.29, 1.82) is 0 Å². The molecule has 3 aromatic rings. The van der Waals surface area contributed by atoms with E-state index in [4.69, 9.17) is 4.74 Å². The van der Waals surface area contributed by atoms with Gasteiger partial charge in [0.05, 0.1) is 12.3 Å². The highest BCUT2D eigenvalue weighted by Crippen LogP contribution is 2.53. The van der Waals surface area contributed by atoms with E-state index in [1.54, 1.807) is 36.7 Å². The second kappa shape index (κ2) is 12.9. The molecule has 0 aliphatic carbocycles. The number of rotatable bonds is 11. The lowest BCUT2D eigenvalue weighted by molar-refractivity contribution is -0.389. The molecule has 1 saturated heterocycles. The van der Waals surface area contributed by atoms with Crippen LogP contribution in [0.4, 0.5) is 43.5 Å². The molecule has 0 radical (unpaired) electrons. The predicted octanol–water partition coefficient (Wildman–Crippen LogP) is 6.25. The zero-order chi connectivity index (χ0) is 29.5. The van der Waals surface area contributed by atoms with Crippen molar-refractivity contribution >= 4 is 23.6 Å². The van der Waals surface area contributed by atoms with E-state index < -0.39 is 30.1 Å². The van der Waals surface area contributed by atoms with Crippen LogP contribution in [0.1, 0.15) is 36.8 Å². The Labute approximate surface area is 232 Å². The summed E-state index contributed by atoms with van der Waals surface area (Å²) in [6.45, 7) is 0.230. The van der Waals surface area contributed by atoms with Gasteiger partial charge < -0.3 is 15.4 Å². The van der Waals surface area contributed by atoms with Gasteiger partial charge in [0.15, 0.2) is 5.82 Å². The van der Waals surface area contributed by atoms with E-state index >= 15 is 0 Å². The normalized spacial score (nSPS) is 16.3. The molecule has 220 valence electrons. The standard InChI is InChI=1S/C28H29F6N5O2/c29-27(30,31)26(28(32,33)34,41-17-12-22-4-1-2-13-36-22)21-6-8-23(9-7-21)39(19-40)24-5-3-14-37-25(24)38-18-20-10-15-35-16-11-20/h3,5-11,14-16,19,22,36H,1-2,4,12-13,17-18H2,(H,37,38). The van der Waals surface area contributed by atoms with Gasteiger partial charge in [0.25, 0.3) is 5.60 Å². The monoisotopic (exact) mass is 581 g/mol. The lowest BCUT2D eigenvalue weighted by atomic mass is 9.91. The maximum Gasteiger partial charge on any atom is 0.430 e. The van der Waals surface area contributed by atoms with Crippen LogP contribution in [0, 0.1) is 0 Å². The third-order valence-corrected chi connectivity index (χ3v) is 6.91. The number of alkyl halides is 6. The Morgan fingerprint density at radius 1 is 0.976 bits per heavy atom. The molecule has 1 fully saturated rings. The van der Waals surface area contributed by atoms with Gasteiger partial charge in [0.1, 0.15) is 0 Å². The first kappa shape index (κ1) is 30.3. The van der Waals surface area contributed by atoms with Crippen LogP contribution in [-0.4, -0.2) is 47.9 Å². The van der Waals surface area contributed by atoms with E-state index in [1.165, 1.54) is 6.20 Å². The molecule has 0 saturated carbocycles. The average molecular weight is 582 g/mol. The number of anilines is 3. The number of aromatic nitrogens is 2. The van der Waals surface area contributed by atoms with Crippen LogP contribution < -0.4 is 15.5 Å². The van der Waals surface area contributed by atoms with Crippen molar-refractivity contribution in [2.75, 3.05) is 23.4 Å². The number of nitrogens with zero attached hydrogens (tertiary/aromatic N) is 3. The number of carbonyl (C=O) groups is 1. The molecule has 1 aliphatic rings. The summed E-state index contributed by atoms with van der Waals surface area (Å²) in [5.41, 5.74) is -4.52. The third-order valence-electron chi connectivity index (χ3n) is 6.91. The van der Waals surface area contributed by atoms with Crippen molar-refractivity contribution in [2.45, 2.75) is 56.2 Å². The van der Waals surface area contributed by atoms with Crippen molar-refractivity contribution in [1.82, 2.24) is 15.3 Å². The molecule has 41 heavy (non-hydrogen) atoms. The summed E-state index contributed by atoms with van der Waals surface area (Å²) in [4.78, 5) is 21.3. The van der Waals surface area contributed by atoms with Gasteiger partial charge in [-0.25, -0.2) is 4.98 Å². The van der Waals surface area contributed by atoms with Crippen molar-refractivity contribution < 1.29 is 35.9 Å². The number of ether oxygens (including phenoxy) is 1. The van der Waals surface area contributed by atoms with Gasteiger partial charge in [-0.3, -0.25) is 14.7 Å². The molecular formula is C28H29F6N5O2. The smallest absolute Gasteiger partial charge is 0.364 e. The molecule has 4 rings (SSSR count). The van der Waals surface area contributed by atoms with Crippen molar-refractivity contribution in [3.63, 3.8) is 0 Å². The number of halogens is 6. The maximum absolute atomic E-state index is 14.2. The molecule has 0 bridgehead atoms. The van der Waals surface area contributed by atoms with Gasteiger partial charge in [0, 0.05) is 42.4 Å². The Kier molecular flexibility index (Phi) is 9.49. The van der Waals surface area contributed by atoms with Crippen LogP contribution in [0.5, 0.6) is 0 Å². The highest BCUT2D eigenvalue weighted by molar-refractivity contribution is 5.90. The maximum atomic E-state index is 14.2. The summed E-state index contributed by atoms with van der Waals surface area (Å²) in [6.07, 6.45) is -4.12. The average Bonchev–Trinajstić information content (AvgIpc) is 2.95. The Hall–Kier alpha value is -3.71. The Bertz CT molecular complexity index is 1250. The third kappa shape index (κ3) is 6.79. The predicted molar refractivity (Wildman–Crippen MR) is 140 cm³/mol. The lowest BCUT2D eigenvalue weighted by Gasteiger charge is -2.38. The largest absolute Gasteiger partial charge is 0.430 e. The Morgan fingerprint density at radius 3 is 2.29 bits per heavy atom. The summed E-state index contributed by atoms with van der Waals surface area (Å²) in [7, 11) is 0. The number of amides is 1. The molecule has 1 amide bonds. The van der Waals surface area contributed by atoms with Crippen LogP contribution in [0.25, 0.3) is 0 Å². The summed E-state index contributed by atoms with van der Waals surface area (Å²) in [5, 5.41) is 6.17. The lowest BCUT2D eigenvalue weighted by Crippen LogP contribution is -2.56. The zero-order valence-corrected chi connectivity index (χ0v) is 21.9. The van der Waals surface area contributed by atoms with E-state index in [9.17, 15) is 31.1 Å². The second-order valence-electron chi connectivity index (χ2n) is 9.56. The molecular weight excluding hydrogens is 552 g/mol. The molecule has 0 spiro atoms. The van der Waals surface area contributed by atoms with Gasteiger partial charge in [-0.2, -0.15) is 26.3 Å². The molecule has 1 aromatic carbocycles. The highest BCUT2D eigenvalue weighted by atomic mass is 19.4. The number of pyridine rings is 2. The number of piperidine rings is 1. The van der Waals surface area contributed by atoms with Gasteiger partial charge >= 0.3 is 12.4 Å². The van der Waals surface area contributed by atoms with Crippen LogP contribution >= 0.6 is 0 Å². The molecule has 2 N–H and O–H groups in total. The fraction of sp³-hybridized carbons (Fsp3) is 0.393. The molecule has 1 atom stereocenters. The van der Waals surface area contributed by atoms with Crippen LogP contribution in [0.15, 0.2) is 67.1 Å². The van der Waals surface area contributed by atoms with E-state index in [0.29, 0.717) is 38.1 Å². The number of hydrogen-bond donors (Lipinski definition) is 2. The van der Waals surface area contributed by atoms with Gasteiger partial charge in [-0.1, -0.05) is 18.6 Å². The topological polar surface area (TPSA) is 79.4 Å². The molecule has 3 heterocycles. The van der Waals surface area contributed by atoms with Gasteiger partial charge in [-0.05, 0) is 67.8 Å².